The second kappa shape index (κ2) is 4.37. The van der Waals surface area contributed by atoms with Gasteiger partial charge in [0.25, 0.3) is 0 Å². The van der Waals surface area contributed by atoms with Crippen LogP contribution in [0.25, 0.3) is 11.3 Å². The molecule has 3 nitrogen and oxygen atoms in total. The fourth-order valence-corrected chi connectivity index (χ4v) is 1.62. The zero-order chi connectivity index (χ0) is 11.5. The van der Waals surface area contributed by atoms with E-state index in [1.54, 1.807) is 18.2 Å². The molecule has 1 heterocycles. The Morgan fingerprint density at radius 3 is 2.88 bits per heavy atom. The number of halogens is 2. The summed E-state index contributed by atoms with van der Waals surface area (Å²) in [5.74, 6) is -0.359. The Balaban J connectivity index is 2.58. The molecule has 0 aliphatic rings. The molecule has 0 bridgehead atoms. The SMILES string of the molecule is N#Cc1nccc(-c2cc(Br)ccc2F)n1. The third kappa shape index (κ3) is 2.07. The van der Waals surface area contributed by atoms with Gasteiger partial charge in [-0.05, 0) is 24.3 Å². The quantitative estimate of drug-likeness (QED) is 0.805. The number of nitrogens with zero attached hydrogens (tertiary/aromatic N) is 3. The molecule has 0 aliphatic heterocycles. The standard InChI is InChI=1S/C11H5BrFN3/c12-7-1-2-9(13)8(5-7)10-3-4-15-11(6-14)16-10/h1-5H. The van der Waals surface area contributed by atoms with Gasteiger partial charge in [-0.25, -0.2) is 14.4 Å². The molecule has 0 atom stereocenters. The zero-order valence-corrected chi connectivity index (χ0v) is 9.57. The largest absolute Gasteiger partial charge is 0.232 e. The monoisotopic (exact) mass is 277 g/mol. The van der Waals surface area contributed by atoms with E-state index in [0.717, 1.165) is 4.47 Å². The molecule has 0 N–H and O–H groups in total. The Morgan fingerprint density at radius 2 is 2.12 bits per heavy atom. The number of rotatable bonds is 1. The second-order valence-corrected chi connectivity index (χ2v) is 3.92. The Hall–Kier alpha value is -1.80. The summed E-state index contributed by atoms with van der Waals surface area (Å²) in [6.45, 7) is 0. The fraction of sp³-hybridized carbons (Fsp3) is 0. The number of aromatic nitrogens is 2. The highest BCUT2D eigenvalue weighted by Gasteiger charge is 2.08. The molecule has 2 aromatic rings. The van der Waals surface area contributed by atoms with Crippen LogP contribution >= 0.6 is 15.9 Å². The molecule has 0 saturated heterocycles. The van der Waals surface area contributed by atoms with E-state index in [4.69, 9.17) is 5.26 Å². The van der Waals surface area contributed by atoms with Gasteiger partial charge in [-0.15, -0.1) is 0 Å². The third-order valence-electron chi connectivity index (χ3n) is 1.96. The van der Waals surface area contributed by atoms with Crippen molar-refractivity contribution in [3.8, 4) is 17.3 Å². The second-order valence-electron chi connectivity index (χ2n) is 3.00. The number of benzene rings is 1. The maximum absolute atomic E-state index is 13.5. The minimum Gasteiger partial charge on any atom is -0.227 e. The van der Waals surface area contributed by atoms with Gasteiger partial charge in [-0.3, -0.25) is 0 Å². The fourth-order valence-electron chi connectivity index (χ4n) is 1.26. The molecule has 0 radical (unpaired) electrons. The predicted octanol–water partition coefficient (Wildman–Crippen LogP) is 2.92. The summed E-state index contributed by atoms with van der Waals surface area (Å²) in [5, 5.41) is 8.65. The van der Waals surface area contributed by atoms with Crippen LogP contribution in [0.4, 0.5) is 4.39 Å². The molecule has 1 aromatic carbocycles. The van der Waals surface area contributed by atoms with Crippen LogP contribution in [0.15, 0.2) is 34.9 Å². The van der Waals surface area contributed by atoms with E-state index in [0.29, 0.717) is 11.3 Å². The molecule has 0 saturated carbocycles. The highest BCUT2D eigenvalue weighted by atomic mass is 79.9. The summed E-state index contributed by atoms with van der Waals surface area (Å²) in [6, 6.07) is 7.93. The van der Waals surface area contributed by atoms with E-state index in [1.165, 1.54) is 12.3 Å². The van der Waals surface area contributed by atoms with Crippen molar-refractivity contribution >= 4 is 15.9 Å². The predicted molar refractivity (Wildman–Crippen MR) is 59.8 cm³/mol. The molecule has 5 heteroatoms. The lowest BCUT2D eigenvalue weighted by Crippen LogP contribution is -1.93. The number of nitriles is 1. The van der Waals surface area contributed by atoms with Gasteiger partial charge in [-0.2, -0.15) is 5.26 Å². The molecule has 0 amide bonds. The molecule has 0 fully saturated rings. The molecular formula is C11H5BrFN3. The molecule has 78 valence electrons. The highest BCUT2D eigenvalue weighted by molar-refractivity contribution is 9.10. The van der Waals surface area contributed by atoms with Crippen LogP contribution in [-0.2, 0) is 0 Å². The Labute approximate surface area is 99.7 Å². The van der Waals surface area contributed by atoms with Crippen molar-refractivity contribution in [3.05, 3.63) is 46.6 Å². The van der Waals surface area contributed by atoms with Gasteiger partial charge in [0.15, 0.2) is 0 Å². The van der Waals surface area contributed by atoms with Crippen molar-refractivity contribution < 1.29 is 4.39 Å². The van der Waals surface area contributed by atoms with Crippen LogP contribution in [0.1, 0.15) is 5.82 Å². The van der Waals surface area contributed by atoms with Crippen molar-refractivity contribution in [1.82, 2.24) is 9.97 Å². The minimum atomic E-state index is -0.384. The van der Waals surface area contributed by atoms with E-state index >= 15 is 0 Å². The van der Waals surface area contributed by atoms with E-state index in [2.05, 4.69) is 25.9 Å². The van der Waals surface area contributed by atoms with Crippen LogP contribution in [0.3, 0.4) is 0 Å². The van der Waals surface area contributed by atoms with Gasteiger partial charge in [0.1, 0.15) is 11.9 Å². The van der Waals surface area contributed by atoms with Crippen LogP contribution in [-0.4, -0.2) is 9.97 Å². The summed E-state index contributed by atoms with van der Waals surface area (Å²) in [5.41, 5.74) is 0.735. The summed E-state index contributed by atoms with van der Waals surface area (Å²) in [7, 11) is 0. The smallest absolute Gasteiger partial charge is 0.227 e. The summed E-state index contributed by atoms with van der Waals surface area (Å²) >= 11 is 3.25. The van der Waals surface area contributed by atoms with Gasteiger partial charge in [0.2, 0.25) is 5.82 Å². The first kappa shape index (κ1) is 10.7. The molecule has 0 spiro atoms. The van der Waals surface area contributed by atoms with Gasteiger partial charge >= 0.3 is 0 Å². The summed E-state index contributed by atoms with van der Waals surface area (Å²) in [4.78, 5) is 7.66. The van der Waals surface area contributed by atoms with Crippen LogP contribution < -0.4 is 0 Å². The summed E-state index contributed by atoms with van der Waals surface area (Å²) in [6.07, 6.45) is 1.43. The Kier molecular flexibility index (Phi) is 2.93. The maximum Gasteiger partial charge on any atom is 0.232 e. The van der Waals surface area contributed by atoms with Crippen molar-refractivity contribution in [2.24, 2.45) is 0 Å². The Morgan fingerprint density at radius 1 is 1.31 bits per heavy atom. The zero-order valence-electron chi connectivity index (χ0n) is 7.98. The topological polar surface area (TPSA) is 49.6 Å². The van der Waals surface area contributed by atoms with Crippen molar-refractivity contribution in [3.63, 3.8) is 0 Å². The van der Waals surface area contributed by atoms with Gasteiger partial charge in [0.05, 0.1) is 5.69 Å². The summed E-state index contributed by atoms with van der Waals surface area (Å²) < 4.78 is 14.3. The first-order valence-electron chi connectivity index (χ1n) is 4.39. The van der Waals surface area contributed by atoms with E-state index in [9.17, 15) is 4.39 Å². The third-order valence-corrected chi connectivity index (χ3v) is 2.45. The number of hydrogen-bond acceptors (Lipinski definition) is 3. The van der Waals surface area contributed by atoms with Crippen LogP contribution in [0, 0.1) is 17.1 Å². The Bertz CT molecular complexity index is 578. The average molecular weight is 278 g/mol. The lowest BCUT2D eigenvalue weighted by atomic mass is 10.1. The first-order valence-corrected chi connectivity index (χ1v) is 5.18. The maximum atomic E-state index is 13.5. The van der Waals surface area contributed by atoms with Crippen LogP contribution in [0.5, 0.6) is 0 Å². The van der Waals surface area contributed by atoms with Gasteiger partial charge in [-0.1, -0.05) is 15.9 Å². The molecular weight excluding hydrogens is 273 g/mol. The molecule has 2 rings (SSSR count). The lowest BCUT2D eigenvalue weighted by Gasteiger charge is -2.02. The van der Waals surface area contributed by atoms with Crippen molar-refractivity contribution in [2.75, 3.05) is 0 Å². The number of hydrogen-bond donors (Lipinski definition) is 0. The molecule has 16 heavy (non-hydrogen) atoms. The average Bonchev–Trinajstić information content (AvgIpc) is 2.32. The molecule has 1 aromatic heterocycles. The normalized spacial score (nSPS) is 9.81. The van der Waals surface area contributed by atoms with Gasteiger partial charge in [0, 0.05) is 16.2 Å². The van der Waals surface area contributed by atoms with E-state index in [1.807, 2.05) is 6.07 Å². The van der Waals surface area contributed by atoms with Crippen LogP contribution in [0.2, 0.25) is 0 Å². The van der Waals surface area contributed by atoms with Crippen molar-refractivity contribution in [2.45, 2.75) is 0 Å². The first-order chi connectivity index (χ1) is 7.70. The minimum absolute atomic E-state index is 0.0249. The van der Waals surface area contributed by atoms with E-state index in [-0.39, 0.29) is 11.6 Å². The molecule has 0 unspecified atom stereocenters. The van der Waals surface area contributed by atoms with Crippen molar-refractivity contribution in [1.29, 1.82) is 5.26 Å². The molecule has 0 aliphatic carbocycles. The van der Waals surface area contributed by atoms with E-state index < -0.39 is 0 Å². The highest BCUT2D eigenvalue weighted by Crippen LogP contribution is 2.24. The lowest BCUT2D eigenvalue weighted by molar-refractivity contribution is 0.630. The van der Waals surface area contributed by atoms with Gasteiger partial charge < -0.3 is 0 Å².